The minimum absolute atomic E-state index is 0.678. The van der Waals surface area contributed by atoms with Gasteiger partial charge in [-0.2, -0.15) is 0 Å². The van der Waals surface area contributed by atoms with E-state index in [4.69, 9.17) is 18.7 Å². The summed E-state index contributed by atoms with van der Waals surface area (Å²) in [6.07, 6.45) is 1.81. The molecule has 1 aromatic heterocycles. The van der Waals surface area contributed by atoms with Crippen LogP contribution in [-0.4, -0.2) is 26.5 Å². The summed E-state index contributed by atoms with van der Waals surface area (Å²) >= 11 is 0. The lowest BCUT2D eigenvalue weighted by Gasteiger charge is -2.16. The van der Waals surface area contributed by atoms with Crippen molar-refractivity contribution in [2.75, 3.05) is 21.3 Å². The van der Waals surface area contributed by atoms with E-state index in [0.717, 1.165) is 46.7 Å². The first-order valence-electron chi connectivity index (χ1n) is 8.13. The van der Waals surface area contributed by atoms with E-state index in [1.165, 1.54) is 5.56 Å². The van der Waals surface area contributed by atoms with Gasteiger partial charge in [-0.05, 0) is 54.8 Å². The van der Waals surface area contributed by atoms with Crippen LogP contribution in [0.15, 0.2) is 40.9 Å². The average molecular weight is 337 g/mol. The summed E-state index contributed by atoms with van der Waals surface area (Å²) in [5, 5.41) is 4.34. The predicted molar refractivity (Wildman–Crippen MR) is 94.4 cm³/mol. The maximum Gasteiger partial charge on any atom is 0.170 e. The van der Waals surface area contributed by atoms with Crippen molar-refractivity contribution in [1.82, 2.24) is 5.16 Å². The molecule has 0 atom stereocenters. The first-order chi connectivity index (χ1) is 12.2. The summed E-state index contributed by atoms with van der Waals surface area (Å²) in [4.78, 5) is 0. The molecule has 0 saturated carbocycles. The van der Waals surface area contributed by atoms with Gasteiger partial charge in [-0.3, -0.25) is 0 Å². The molecule has 5 nitrogen and oxygen atoms in total. The monoisotopic (exact) mass is 337 g/mol. The average Bonchev–Trinajstić information content (AvgIpc) is 3.11. The Hall–Kier alpha value is -2.95. The Balaban J connectivity index is 1.79. The number of ether oxygens (including phenoxy) is 3. The van der Waals surface area contributed by atoms with E-state index in [1.54, 1.807) is 21.3 Å². The Labute approximate surface area is 146 Å². The Morgan fingerprint density at radius 1 is 0.880 bits per heavy atom. The van der Waals surface area contributed by atoms with Crippen LogP contribution < -0.4 is 14.2 Å². The third-order valence-electron chi connectivity index (χ3n) is 4.65. The second kappa shape index (κ2) is 6.16. The lowest BCUT2D eigenvalue weighted by Crippen LogP contribution is -2.03. The van der Waals surface area contributed by atoms with Crippen molar-refractivity contribution < 1.29 is 18.7 Å². The molecule has 0 spiro atoms. The van der Waals surface area contributed by atoms with E-state index in [2.05, 4.69) is 11.2 Å². The van der Waals surface area contributed by atoms with Gasteiger partial charge in [-0.1, -0.05) is 5.16 Å². The Bertz CT molecular complexity index is 929. The van der Waals surface area contributed by atoms with Gasteiger partial charge in [-0.15, -0.1) is 0 Å². The molecule has 0 aliphatic heterocycles. The zero-order chi connectivity index (χ0) is 17.4. The second-order valence-corrected chi connectivity index (χ2v) is 5.93. The number of rotatable bonds is 4. The highest BCUT2D eigenvalue weighted by molar-refractivity contribution is 5.77. The van der Waals surface area contributed by atoms with Crippen LogP contribution in [0.25, 0.3) is 22.6 Å². The minimum Gasteiger partial charge on any atom is -0.497 e. The zero-order valence-electron chi connectivity index (χ0n) is 14.5. The molecule has 4 rings (SSSR count). The first kappa shape index (κ1) is 15.6. The highest BCUT2D eigenvalue weighted by atomic mass is 16.5. The lowest BCUT2D eigenvalue weighted by atomic mass is 9.88. The fourth-order valence-electron chi connectivity index (χ4n) is 3.35. The van der Waals surface area contributed by atoms with Gasteiger partial charge >= 0.3 is 0 Å². The van der Waals surface area contributed by atoms with Gasteiger partial charge in [0, 0.05) is 16.7 Å². The van der Waals surface area contributed by atoms with Crippen molar-refractivity contribution in [3.05, 3.63) is 47.5 Å². The van der Waals surface area contributed by atoms with Crippen molar-refractivity contribution >= 4 is 0 Å². The van der Waals surface area contributed by atoms with Crippen molar-refractivity contribution in [2.45, 2.75) is 12.8 Å². The van der Waals surface area contributed by atoms with E-state index >= 15 is 0 Å². The molecule has 0 N–H and O–H groups in total. The first-order valence-corrected chi connectivity index (χ1v) is 8.13. The molecule has 1 heterocycles. The SMILES string of the molecule is COc1ccc2c(c1)CCc1c(-c3ccc(OC)c(OC)c3)noc1-2. The molecule has 0 fully saturated rings. The van der Waals surface area contributed by atoms with E-state index in [0.29, 0.717) is 11.5 Å². The molecule has 3 aromatic rings. The maximum absolute atomic E-state index is 5.71. The van der Waals surface area contributed by atoms with Gasteiger partial charge in [0.1, 0.15) is 11.4 Å². The van der Waals surface area contributed by atoms with Crippen molar-refractivity contribution in [2.24, 2.45) is 0 Å². The van der Waals surface area contributed by atoms with E-state index < -0.39 is 0 Å². The molecule has 0 saturated heterocycles. The molecule has 5 heteroatoms. The molecule has 0 radical (unpaired) electrons. The number of hydrogen-bond donors (Lipinski definition) is 0. The smallest absolute Gasteiger partial charge is 0.170 e. The number of aryl methyl sites for hydroxylation is 1. The standard InChI is InChI=1S/C20H19NO4/c1-22-14-6-8-15-12(10-14)4-7-16-19(21-25-20(15)16)13-5-9-17(23-2)18(11-13)24-3/h5-6,8-11H,4,7H2,1-3H3. The lowest BCUT2D eigenvalue weighted by molar-refractivity contribution is 0.355. The molecule has 25 heavy (non-hydrogen) atoms. The van der Waals surface area contributed by atoms with Gasteiger partial charge in [-0.25, -0.2) is 0 Å². The number of aromatic nitrogens is 1. The molecule has 128 valence electrons. The molecule has 0 bridgehead atoms. The van der Waals surface area contributed by atoms with Crippen LogP contribution in [0.3, 0.4) is 0 Å². The van der Waals surface area contributed by atoms with Gasteiger partial charge < -0.3 is 18.7 Å². The maximum atomic E-state index is 5.71. The molecule has 0 amide bonds. The Morgan fingerprint density at radius 2 is 1.72 bits per heavy atom. The van der Waals surface area contributed by atoms with Gasteiger partial charge in [0.2, 0.25) is 0 Å². The highest BCUT2D eigenvalue weighted by Gasteiger charge is 2.25. The largest absolute Gasteiger partial charge is 0.497 e. The number of hydrogen-bond acceptors (Lipinski definition) is 5. The van der Waals surface area contributed by atoms with E-state index in [1.807, 2.05) is 30.3 Å². The molecular weight excluding hydrogens is 318 g/mol. The minimum atomic E-state index is 0.678. The van der Waals surface area contributed by atoms with Crippen LogP contribution in [0.2, 0.25) is 0 Å². The number of nitrogens with zero attached hydrogens (tertiary/aromatic N) is 1. The zero-order valence-corrected chi connectivity index (χ0v) is 14.5. The summed E-state index contributed by atoms with van der Waals surface area (Å²) in [7, 11) is 4.93. The molecule has 2 aromatic carbocycles. The molecule has 1 aliphatic rings. The second-order valence-electron chi connectivity index (χ2n) is 5.93. The van der Waals surface area contributed by atoms with Crippen LogP contribution >= 0.6 is 0 Å². The molecular formula is C20H19NO4. The fraction of sp³-hybridized carbons (Fsp3) is 0.250. The summed E-state index contributed by atoms with van der Waals surface area (Å²) in [6, 6.07) is 11.8. The van der Waals surface area contributed by atoms with Crippen molar-refractivity contribution in [3.8, 4) is 39.8 Å². The van der Waals surface area contributed by atoms with E-state index in [-0.39, 0.29) is 0 Å². The normalized spacial score (nSPS) is 12.3. The quantitative estimate of drug-likeness (QED) is 0.716. The number of benzene rings is 2. The highest BCUT2D eigenvalue weighted by Crippen LogP contribution is 2.41. The van der Waals surface area contributed by atoms with Crippen LogP contribution in [0.4, 0.5) is 0 Å². The fourth-order valence-corrected chi connectivity index (χ4v) is 3.35. The summed E-state index contributed by atoms with van der Waals surface area (Å²) in [5.41, 5.74) is 5.25. The van der Waals surface area contributed by atoms with E-state index in [9.17, 15) is 0 Å². The van der Waals surface area contributed by atoms with Crippen molar-refractivity contribution in [1.29, 1.82) is 0 Å². The van der Waals surface area contributed by atoms with Crippen LogP contribution in [0.5, 0.6) is 17.2 Å². The van der Waals surface area contributed by atoms with Gasteiger partial charge in [0.25, 0.3) is 0 Å². The topological polar surface area (TPSA) is 53.7 Å². The number of fused-ring (bicyclic) bond motifs is 3. The predicted octanol–water partition coefficient (Wildman–Crippen LogP) is 4.13. The van der Waals surface area contributed by atoms with Crippen LogP contribution in [0, 0.1) is 0 Å². The Kier molecular flexibility index (Phi) is 3.84. The Morgan fingerprint density at radius 3 is 2.48 bits per heavy atom. The third-order valence-corrected chi connectivity index (χ3v) is 4.65. The third kappa shape index (κ3) is 2.52. The molecule has 1 aliphatic carbocycles. The summed E-state index contributed by atoms with van der Waals surface area (Å²) in [5.74, 6) is 3.08. The molecule has 0 unspecified atom stereocenters. The summed E-state index contributed by atoms with van der Waals surface area (Å²) < 4.78 is 21.7. The van der Waals surface area contributed by atoms with Crippen LogP contribution in [-0.2, 0) is 12.8 Å². The summed E-state index contributed by atoms with van der Waals surface area (Å²) in [6.45, 7) is 0. The van der Waals surface area contributed by atoms with Crippen molar-refractivity contribution in [3.63, 3.8) is 0 Å². The van der Waals surface area contributed by atoms with Gasteiger partial charge in [0.05, 0.1) is 21.3 Å². The number of methoxy groups -OCH3 is 3. The van der Waals surface area contributed by atoms with Gasteiger partial charge in [0.15, 0.2) is 17.3 Å². The van der Waals surface area contributed by atoms with Crippen LogP contribution in [0.1, 0.15) is 11.1 Å².